The molecule has 8 rings (SSSR count). The number of hydrogen-bond donors (Lipinski definition) is 2. The van der Waals surface area contributed by atoms with Gasteiger partial charge in [-0.2, -0.15) is 0 Å². The molecule has 48 heavy (non-hydrogen) atoms. The fraction of sp³-hybridized carbons (Fsp3) is 0.171. The summed E-state index contributed by atoms with van der Waals surface area (Å²) in [7, 11) is 4.19. The molecule has 0 spiro atoms. The Labute approximate surface area is 294 Å². The van der Waals surface area contributed by atoms with Crippen LogP contribution in [0, 0.1) is 12.1 Å². The van der Waals surface area contributed by atoms with E-state index in [0.29, 0.717) is 6.42 Å². The second kappa shape index (κ2) is 15.5. The predicted octanol–water partition coefficient (Wildman–Crippen LogP) is 8.52. The maximum Gasteiger partial charge on any atom is 0.0536 e. The van der Waals surface area contributed by atoms with Gasteiger partial charge in [-0.15, -0.1) is 47.5 Å². The number of aromatic nitrogens is 4. The molecule has 8 aromatic rings. The maximum absolute atomic E-state index is 8.56. The first-order chi connectivity index (χ1) is 22.8. The molecule has 0 bridgehead atoms. The fourth-order valence-corrected chi connectivity index (χ4v) is 6.03. The van der Waals surface area contributed by atoms with Crippen molar-refractivity contribution in [1.29, 1.82) is 0 Å². The minimum Gasteiger partial charge on any atom is -0.393 e. The van der Waals surface area contributed by atoms with Crippen molar-refractivity contribution in [2.75, 3.05) is 0 Å². The van der Waals surface area contributed by atoms with Gasteiger partial charge in [-0.05, 0) is 77.7 Å². The molecule has 245 valence electrons. The van der Waals surface area contributed by atoms with E-state index >= 15 is 0 Å². The smallest absolute Gasteiger partial charge is 0.0536 e. The molecule has 4 heterocycles. The first-order valence-corrected chi connectivity index (χ1v) is 15.8. The first kappa shape index (κ1) is 34.7. The van der Waals surface area contributed by atoms with Crippen LogP contribution in [0.25, 0.3) is 66.1 Å². The van der Waals surface area contributed by atoms with Crippen LogP contribution in [0.3, 0.4) is 0 Å². The summed E-state index contributed by atoms with van der Waals surface area (Å²) in [5.74, 6) is 0. The van der Waals surface area contributed by atoms with Gasteiger partial charge in [-0.1, -0.05) is 71.4 Å². The normalized spacial score (nSPS) is 12.1. The van der Waals surface area contributed by atoms with Crippen LogP contribution in [-0.4, -0.2) is 41.5 Å². The van der Waals surface area contributed by atoms with Crippen LogP contribution in [-0.2, 0) is 34.2 Å². The van der Waals surface area contributed by atoms with Gasteiger partial charge >= 0.3 is 0 Å². The quantitative estimate of drug-likeness (QED) is 0.175. The predicted molar refractivity (Wildman–Crippen MR) is 193 cm³/mol. The third-order valence-corrected chi connectivity index (χ3v) is 8.26. The van der Waals surface area contributed by atoms with Gasteiger partial charge in [-0.3, -0.25) is 0 Å². The van der Waals surface area contributed by atoms with E-state index in [9.17, 15) is 0 Å². The Morgan fingerprint density at radius 2 is 0.958 bits per heavy atom. The number of hydrogen-bond acceptors (Lipinski definition) is 4. The summed E-state index contributed by atoms with van der Waals surface area (Å²) < 4.78 is 4.42. The summed E-state index contributed by atoms with van der Waals surface area (Å²) in [6, 6.07) is 44.0. The minimum atomic E-state index is -0.375. The van der Waals surface area contributed by atoms with Crippen LogP contribution in [0.1, 0.15) is 20.3 Å². The summed E-state index contributed by atoms with van der Waals surface area (Å²) in [4.78, 5) is 8.81. The van der Waals surface area contributed by atoms with E-state index in [-0.39, 0.29) is 32.3 Å². The van der Waals surface area contributed by atoms with Gasteiger partial charge in [0.25, 0.3) is 0 Å². The molecular weight excluding hydrogens is 773 g/mol. The second-order valence-electron chi connectivity index (χ2n) is 11.8. The minimum absolute atomic E-state index is 0. The summed E-state index contributed by atoms with van der Waals surface area (Å²) in [6.07, 6.45) is 3.35. The zero-order valence-corrected chi connectivity index (χ0v) is 29.8. The van der Waals surface area contributed by atoms with Crippen LogP contribution in [0.5, 0.6) is 0 Å². The molecule has 4 aromatic heterocycles. The summed E-state index contributed by atoms with van der Waals surface area (Å²) in [5.41, 5.74) is 8.88. The molecule has 2 unspecified atom stereocenters. The molecule has 0 fully saturated rings. The van der Waals surface area contributed by atoms with Crippen LogP contribution < -0.4 is 0 Å². The largest absolute Gasteiger partial charge is 0.393 e. The van der Waals surface area contributed by atoms with Crippen molar-refractivity contribution < 1.29 is 30.3 Å². The second-order valence-corrected chi connectivity index (χ2v) is 11.8. The van der Waals surface area contributed by atoms with Crippen LogP contribution in [0.2, 0.25) is 0 Å². The molecule has 0 aliphatic heterocycles. The van der Waals surface area contributed by atoms with E-state index in [1.54, 1.807) is 13.8 Å². The maximum atomic E-state index is 8.56. The van der Waals surface area contributed by atoms with Gasteiger partial charge in [0.05, 0.1) is 12.2 Å². The molecule has 2 atom stereocenters. The van der Waals surface area contributed by atoms with E-state index in [0.717, 1.165) is 22.5 Å². The zero-order chi connectivity index (χ0) is 32.9. The number of para-hydroxylation sites is 2. The van der Waals surface area contributed by atoms with Crippen molar-refractivity contribution >= 4 is 43.6 Å². The van der Waals surface area contributed by atoms with E-state index in [2.05, 4.69) is 118 Å². The Morgan fingerprint density at radius 3 is 1.31 bits per heavy atom. The van der Waals surface area contributed by atoms with E-state index in [1.807, 2.05) is 48.8 Å². The number of aliphatic hydroxyl groups excluding tert-OH is 2. The first-order valence-electron chi connectivity index (χ1n) is 15.8. The van der Waals surface area contributed by atoms with Crippen molar-refractivity contribution in [3.8, 4) is 22.5 Å². The van der Waals surface area contributed by atoms with Crippen molar-refractivity contribution in [2.45, 2.75) is 32.5 Å². The monoisotopic (exact) mass is 811 g/mol. The average Bonchev–Trinajstić information content (AvgIpc) is 3.55. The Morgan fingerprint density at radius 1 is 0.562 bits per heavy atom. The number of fused-ring (bicyclic) bond motifs is 6. The molecule has 0 aliphatic rings. The van der Waals surface area contributed by atoms with Gasteiger partial charge in [0, 0.05) is 57.6 Å². The van der Waals surface area contributed by atoms with Gasteiger partial charge in [0.2, 0.25) is 0 Å². The molecular formula is C41H38IrN4O2-2. The summed E-state index contributed by atoms with van der Waals surface area (Å²) in [5, 5.41) is 22.2. The Kier molecular flexibility index (Phi) is 11.2. The topological polar surface area (TPSA) is 76.1 Å². The molecule has 7 heteroatoms. The molecule has 2 N–H and O–H groups in total. The molecule has 0 saturated heterocycles. The van der Waals surface area contributed by atoms with Gasteiger partial charge in [0.1, 0.15) is 0 Å². The number of aryl methyl sites for hydroxylation is 2. The van der Waals surface area contributed by atoms with E-state index in [1.165, 1.54) is 43.6 Å². The van der Waals surface area contributed by atoms with Crippen molar-refractivity contribution in [1.82, 2.24) is 19.1 Å². The molecule has 0 saturated carbocycles. The third-order valence-electron chi connectivity index (χ3n) is 8.26. The van der Waals surface area contributed by atoms with Gasteiger partial charge < -0.3 is 29.3 Å². The van der Waals surface area contributed by atoms with Crippen LogP contribution in [0.4, 0.5) is 0 Å². The fourth-order valence-electron chi connectivity index (χ4n) is 6.03. The van der Waals surface area contributed by atoms with Crippen LogP contribution in [0.15, 0.2) is 122 Å². The Hall–Kier alpha value is -4.65. The number of rotatable bonds is 4. The van der Waals surface area contributed by atoms with Crippen LogP contribution >= 0.6 is 0 Å². The van der Waals surface area contributed by atoms with Crippen molar-refractivity contribution in [2.24, 2.45) is 14.1 Å². The summed E-state index contributed by atoms with van der Waals surface area (Å²) in [6.45, 7) is 3.32. The zero-order valence-electron chi connectivity index (χ0n) is 27.4. The molecule has 0 amide bonds. The van der Waals surface area contributed by atoms with Crippen molar-refractivity contribution in [3.05, 3.63) is 134 Å². The molecule has 6 nitrogen and oxygen atoms in total. The number of benzene rings is 4. The SMILES string of the molecule is CC(O)CC(C)O.Cn1c2c[c-]c(-c3ccccn3)cc2c2ccccc21.Cn1c2c[c-]c(-c3ccccn3)cc2c2ccccc21.[Ir]. The standard InChI is InChI=1S/2C18H13N2.C5H12O2.Ir/c2*1-20-17-8-3-2-6-14(17)15-12-13(9-10-18(15)20)16-7-4-5-11-19-16;1-4(6)3-5(2)7;/h2*2-8,10-12H,1H3;4-7H,3H2,1-2H3;/q2*-1;;. The van der Waals surface area contributed by atoms with E-state index < -0.39 is 0 Å². The number of pyridine rings is 2. The van der Waals surface area contributed by atoms with Gasteiger partial charge in [-0.25, -0.2) is 0 Å². The van der Waals surface area contributed by atoms with Crippen molar-refractivity contribution in [3.63, 3.8) is 0 Å². The molecule has 4 aromatic carbocycles. The Balaban J connectivity index is 0.000000155. The molecule has 1 radical (unpaired) electrons. The number of nitrogens with zero attached hydrogens (tertiary/aromatic N) is 4. The van der Waals surface area contributed by atoms with E-state index in [4.69, 9.17) is 10.2 Å². The Bertz CT molecular complexity index is 2100. The van der Waals surface area contributed by atoms with Gasteiger partial charge in [0.15, 0.2) is 0 Å². The average molecular weight is 811 g/mol. The number of aliphatic hydroxyl groups is 2. The summed E-state index contributed by atoms with van der Waals surface area (Å²) >= 11 is 0. The molecule has 0 aliphatic carbocycles. The third kappa shape index (κ3) is 7.40.